The Kier molecular flexibility index (Phi) is 2.99. The van der Waals surface area contributed by atoms with E-state index in [0.29, 0.717) is 0 Å². The Hall–Kier alpha value is -0.950. The highest BCUT2D eigenvalue weighted by Crippen LogP contribution is 2.40. The van der Waals surface area contributed by atoms with Crippen molar-refractivity contribution in [3.8, 4) is 0 Å². The second kappa shape index (κ2) is 4.06. The molecule has 0 radical (unpaired) electrons. The number of fused-ring (bicyclic) bond motifs is 1. The maximum atomic E-state index is 11.7. The molecule has 2 fully saturated rings. The second-order valence-corrected chi connectivity index (χ2v) is 5.94. The van der Waals surface area contributed by atoms with Gasteiger partial charge in [-0.25, -0.2) is 0 Å². The molecule has 6 nitrogen and oxygen atoms in total. The van der Waals surface area contributed by atoms with Crippen LogP contribution in [0.1, 0.15) is 6.92 Å². The van der Waals surface area contributed by atoms with Crippen molar-refractivity contribution >= 4 is 41.1 Å². The fourth-order valence-corrected chi connectivity index (χ4v) is 3.60. The number of carboxylic acid groups (broad SMARTS) is 1. The van der Waals surface area contributed by atoms with E-state index in [4.69, 9.17) is 16.7 Å². The maximum Gasteiger partial charge on any atom is 0.327 e. The number of thioether (sulfide) groups is 1. The molecule has 2 aliphatic rings. The Bertz CT molecular complexity index is 404. The van der Waals surface area contributed by atoms with Crippen molar-refractivity contribution < 1.29 is 19.5 Å². The van der Waals surface area contributed by atoms with E-state index in [2.05, 4.69) is 5.32 Å². The molecule has 2 amide bonds. The van der Waals surface area contributed by atoms with Crippen LogP contribution in [0, 0.1) is 0 Å². The second-order valence-electron chi connectivity index (χ2n) is 4.12. The van der Waals surface area contributed by atoms with Gasteiger partial charge in [0.2, 0.25) is 11.8 Å². The summed E-state index contributed by atoms with van der Waals surface area (Å²) in [6.45, 7) is 1.32. The molecule has 8 heteroatoms. The van der Waals surface area contributed by atoms with E-state index < -0.39 is 16.9 Å². The molecule has 0 aliphatic carbocycles. The molecule has 0 aromatic heterocycles. The lowest BCUT2D eigenvalue weighted by Gasteiger charge is -2.52. The number of amides is 2. The average Bonchev–Trinajstić information content (AvgIpc) is 2.25. The lowest BCUT2D eigenvalue weighted by atomic mass is 10.0. The Balaban J connectivity index is 2.06. The fourth-order valence-electron chi connectivity index (χ4n) is 1.89. The van der Waals surface area contributed by atoms with Gasteiger partial charge in [-0.05, 0) is 0 Å². The van der Waals surface area contributed by atoms with Crippen molar-refractivity contribution in [3.05, 3.63) is 0 Å². The van der Waals surface area contributed by atoms with Gasteiger partial charge in [0.25, 0.3) is 0 Å². The number of carboxylic acids is 1. The van der Waals surface area contributed by atoms with Gasteiger partial charge in [0.05, 0.1) is 6.54 Å². The summed E-state index contributed by atoms with van der Waals surface area (Å²) in [5.74, 6) is -1.46. The van der Waals surface area contributed by atoms with E-state index >= 15 is 0 Å². The number of hydrogen-bond acceptors (Lipinski definition) is 4. The zero-order valence-corrected chi connectivity index (χ0v) is 10.5. The van der Waals surface area contributed by atoms with E-state index in [0.717, 1.165) is 0 Å². The number of aliphatic carboxylic acids is 1. The minimum atomic E-state index is -1.42. The number of alkyl halides is 1. The molecule has 3 atom stereocenters. The van der Waals surface area contributed by atoms with Crippen molar-refractivity contribution in [2.45, 2.75) is 23.2 Å². The van der Waals surface area contributed by atoms with Gasteiger partial charge in [0.15, 0.2) is 4.87 Å². The van der Waals surface area contributed by atoms with Crippen LogP contribution in [-0.2, 0) is 14.4 Å². The van der Waals surface area contributed by atoms with Crippen LogP contribution in [0.5, 0.6) is 0 Å². The van der Waals surface area contributed by atoms with Crippen molar-refractivity contribution in [3.63, 3.8) is 0 Å². The first kappa shape index (κ1) is 12.5. The molecule has 2 unspecified atom stereocenters. The number of rotatable bonds is 2. The first-order valence-corrected chi connectivity index (χ1v) is 6.39. The van der Waals surface area contributed by atoms with Gasteiger partial charge in [-0.2, -0.15) is 0 Å². The lowest BCUT2D eigenvalue weighted by Crippen LogP contribution is -2.74. The average molecular weight is 279 g/mol. The highest BCUT2D eigenvalue weighted by atomic mass is 35.5. The molecule has 2 aliphatic heterocycles. The van der Waals surface area contributed by atoms with Crippen LogP contribution in [0.15, 0.2) is 0 Å². The minimum absolute atomic E-state index is 0.0174. The third-order valence-electron chi connectivity index (χ3n) is 2.79. The number of nitrogens with one attached hydrogen (secondary N) is 1. The first-order valence-electron chi connectivity index (χ1n) is 4.97. The number of hydrogen-bond donors (Lipinski definition) is 2. The summed E-state index contributed by atoms with van der Waals surface area (Å²) in [5, 5.41) is 11.3. The summed E-state index contributed by atoms with van der Waals surface area (Å²) in [5.41, 5.74) is 0. The Morgan fingerprint density at radius 1 is 1.65 bits per heavy atom. The summed E-state index contributed by atoms with van der Waals surface area (Å²) in [4.78, 5) is 33.5. The topological polar surface area (TPSA) is 86.7 Å². The van der Waals surface area contributed by atoms with Crippen LogP contribution in [0.4, 0.5) is 0 Å². The molecule has 0 bridgehead atoms. The quantitative estimate of drug-likeness (QED) is 0.524. The lowest BCUT2D eigenvalue weighted by molar-refractivity contribution is -0.152. The summed E-state index contributed by atoms with van der Waals surface area (Å²) >= 11 is 7.20. The van der Waals surface area contributed by atoms with Gasteiger partial charge in [-0.1, -0.05) is 0 Å². The third kappa shape index (κ3) is 1.97. The smallest absolute Gasteiger partial charge is 0.327 e. The number of β-lactam (4-membered cyclic amide) rings is 1. The van der Waals surface area contributed by atoms with E-state index in [1.54, 1.807) is 0 Å². The maximum absolute atomic E-state index is 11.7. The molecule has 0 aromatic carbocycles. The monoisotopic (exact) mass is 278 g/mol. The van der Waals surface area contributed by atoms with Crippen LogP contribution in [0.25, 0.3) is 0 Å². The van der Waals surface area contributed by atoms with Gasteiger partial charge >= 0.3 is 5.97 Å². The van der Waals surface area contributed by atoms with Gasteiger partial charge in [0.1, 0.15) is 11.4 Å². The van der Waals surface area contributed by atoms with Gasteiger partial charge in [-0.15, -0.1) is 23.4 Å². The standard InChI is InChI=1S/C9H11ClN2O4S/c1-4(13)11-5-6(14)12-2-9(10,8(15)16)3-17-7(5)12/h5,7H,2-3H2,1H3,(H,11,13)(H,15,16)/t5?,7-,9?/m1/s1. The summed E-state index contributed by atoms with van der Waals surface area (Å²) < 4.78 is 0. The predicted molar refractivity (Wildman–Crippen MR) is 61.8 cm³/mol. The van der Waals surface area contributed by atoms with Crippen LogP contribution in [0.3, 0.4) is 0 Å². The molecule has 0 spiro atoms. The Morgan fingerprint density at radius 2 is 2.29 bits per heavy atom. The summed E-state index contributed by atoms with van der Waals surface area (Å²) in [7, 11) is 0. The predicted octanol–water partition coefficient (Wildman–Crippen LogP) is -0.532. The fraction of sp³-hybridized carbons (Fsp3) is 0.667. The highest BCUT2D eigenvalue weighted by Gasteiger charge is 2.56. The molecule has 17 heavy (non-hydrogen) atoms. The highest BCUT2D eigenvalue weighted by molar-refractivity contribution is 8.00. The molecular weight excluding hydrogens is 268 g/mol. The van der Waals surface area contributed by atoms with E-state index in [1.165, 1.54) is 23.6 Å². The third-order valence-corrected chi connectivity index (χ3v) is 4.89. The molecule has 94 valence electrons. The van der Waals surface area contributed by atoms with Crippen LogP contribution in [0.2, 0.25) is 0 Å². The Morgan fingerprint density at radius 3 is 2.82 bits per heavy atom. The van der Waals surface area contributed by atoms with Gasteiger partial charge < -0.3 is 15.3 Å². The molecule has 0 aromatic rings. The van der Waals surface area contributed by atoms with Crippen LogP contribution < -0.4 is 5.32 Å². The van der Waals surface area contributed by atoms with Crippen molar-refractivity contribution in [2.24, 2.45) is 0 Å². The number of carbonyl (C=O) groups is 3. The molecule has 2 rings (SSSR count). The van der Waals surface area contributed by atoms with Crippen LogP contribution >= 0.6 is 23.4 Å². The van der Waals surface area contributed by atoms with E-state index in [9.17, 15) is 14.4 Å². The number of nitrogens with zero attached hydrogens (tertiary/aromatic N) is 1. The summed E-state index contributed by atoms with van der Waals surface area (Å²) in [6.07, 6.45) is 0. The molecule has 0 saturated carbocycles. The molecule has 2 N–H and O–H groups in total. The van der Waals surface area contributed by atoms with Gasteiger partial charge in [-0.3, -0.25) is 14.4 Å². The zero-order chi connectivity index (χ0) is 12.8. The number of halogens is 1. The molecule has 2 heterocycles. The van der Waals surface area contributed by atoms with Crippen molar-refractivity contribution in [1.29, 1.82) is 0 Å². The summed E-state index contributed by atoms with van der Waals surface area (Å²) in [6, 6.07) is -0.549. The normalized spacial score (nSPS) is 35.9. The van der Waals surface area contributed by atoms with E-state index in [-0.39, 0.29) is 29.5 Å². The first-order chi connectivity index (χ1) is 7.85. The van der Waals surface area contributed by atoms with E-state index in [1.807, 2.05) is 0 Å². The van der Waals surface area contributed by atoms with Crippen LogP contribution in [-0.4, -0.2) is 56.4 Å². The SMILES string of the molecule is CC(=O)NC1C(=O)N2CC(Cl)(C(=O)O)CS[C@H]12. The van der Waals surface area contributed by atoms with Crippen molar-refractivity contribution in [2.75, 3.05) is 12.3 Å². The molecular formula is C9H11ClN2O4S. The molecule has 2 saturated heterocycles. The zero-order valence-electron chi connectivity index (χ0n) is 8.97. The number of carbonyl (C=O) groups excluding carboxylic acids is 2. The van der Waals surface area contributed by atoms with Crippen molar-refractivity contribution in [1.82, 2.24) is 10.2 Å². The van der Waals surface area contributed by atoms with Gasteiger partial charge in [0, 0.05) is 12.7 Å². The minimum Gasteiger partial charge on any atom is -0.480 e. The Labute approximate surface area is 107 Å². The largest absolute Gasteiger partial charge is 0.480 e.